The van der Waals surface area contributed by atoms with E-state index in [0.717, 1.165) is 6.08 Å². The standard InChI is InChI=1S/C7H13NO5S/c1-7(2,3)5-4-6(9)8-13-14(10,11)12/h4-5H,1-3H3,(H,8,9)(H,10,11,12). The minimum Gasteiger partial charge on any atom is -0.268 e. The zero-order valence-corrected chi connectivity index (χ0v) is 8.96. The van der Waals surface area contributed by atoms with Gasteiger partial charge in [0.2, 0.25) is 0 Å². The van der Waals surface area contributed by atoms with Crippen LogP contribution in [0.5, 0.6) is 0 Å². The topological polar surface area (TPSA) is 92.7 Å². The van der Waals surface area contributed by atoms with Crippen LogP contribution in [0, 0.1) is 5.41 Å². The molecule has 1 amide bonds. The summed E-state index contributed by atoms with van der Waals surface area (Å²) < 4.78 is 31.8. The van der Waals surface area contributed by atoms with E-state index in [1.54, 1.807) is 6.08 Å². The van der Waals surface area contributed by atoms with Crippen LogP contribution in [0.4, 0.5) is 0 Å². The van der Waals surface area contributed by atoms with Crippen molar-refractivity contribution in [1.82, 2.24) is 5.48 Å². The molecule has 82 valence electrons. The summed E-state index contributed by atoms with van der Waals surface area (Å²) in [7, 11) is -4.64. The number of hydrogen-bond acceptors (Lipinski definition) is 4. The highest BCUT2D eigenvalue weighted by molar-refractivity contribution is 7.80. The van der Waals surface area contributed by atoms with E-state index in [4.69, 9.17) is 4.55 Å². The molecule has 6 nitrogen and oxygen atoms in total. The van der Waals surface area contributed by atoms with Gasteiger partial charge in [0.1, 0.15) is 0 Å². The van der Waals surface area contributed by atoms with Crippen molar-refractivity contribution < 1.29 is 22.0 Å². The summed E-state index contributed by atoms with van der Waals surface area (Å²) in [6.07, 6.45) is 2.68. The zero-order chi connectivity index (χ0) is 11.4. The van der Waals surface area contributed by atoms with Gasteiger partial charge in [-0.15, -0.1) is 4.28 Å². The van der Waals surface area contributed by atoms with Crippen LogP contribution in [0.25, 0.3) is 0 Å². The molecule has 0 aromatic rings. The molecule has 0 aliphatic carbocycles. The number of allylic oxidation sites excluding steroid dienone is 1. The Bertz CT molecular complexity index is 324. The number of carbonyl (C=O) groups excluding carboxylic acids is 1. The molecular weight excluding hydrogens is 210 g/mol. The maximum atomic E-state index is 10.8. The van der Waals surface area contributed by atoms with Crippen LogP contribution in [-0.2, 0) is 19.5 Å². The third kappa shape index (κ3) is 9.17. The Morgan fingerprint density at radius 1 is 1.43 bits per heavy atom. The lowest BCUT2D eigenvalue weighted by Gasteiger charge is -2.10. The van der Waals surface area contributed by atoms with Crippen LogP contribution >= 0.6 is 0 Å². The molecule has 0 bridgehead atoms. The van der Waals surface area contributed by atoms with Crippen molar-refractivity contribution in [2.24, 2.45) is 5.41 Å². The molecule has 2 N–H and O–H groups in total. The zero-order valence-electron chi connectivity index (χ0n) is 8.14. The summed E-state index contributed by atoms with van der Waals surface area (Å²) in [5, 5.41) is 0. The smallest absolute Gasteiger partial charge is 0.268 e. The third-order valence-electron chi connectivity index (χ3n) is 0.982. The molecule has 0 rings (SSSR count). The van der Waals surface area contributed by atoms with E-state index in [2.05, 4.69) is 4.28 Å². The van der Waals surface area contributed by atoms with Crippen molar-refractivity contribution in [3.05, 3.63) is 12.2 Å². The highest BCUT2D eigenvalue weighted by Crippen LogP contribution is 2.13. The summed E-state index contributed by atoms with van der Waals surface area (Å²) >= 11 is 0. The Labute approximate surface area is 82.9 Å². The minimum atomic E-state index is -4.64. The Hall–Kier alpha value is -0.920. The fourth-order valence-electron chi connectivity index (χ4n) is 0.453. The average molecular weight is 223 g/mol. The van der Waals surface area contributed by atoms with E-state index in [1.165, 1.54) is 5.48 Å². The lowest BCUT2D eigenvalue weighted by atomic mass is 9.96. The van der Waals surface area contributed by atoms with Gasteiger partial charge in [-0.05, 0) is 5.41 Å². The maximum Gasteiger partial charge on any atom is 0.418 e. The first-order valence-corrected chi connectivity index (χ1v) is 5.12. The molecule has 0 saturated heterocycles. The molecule has 14 heavy (non-hydrogen) atoms. The third-order valence-corrected chi connectivity index (χ3v) is 1.28. The molecule has 0 radical (unpaired) electrons. The van der Waals surface area contributed by atoms with Crippen molar-refractivity contribution in [2.45, 2.75) is 20.8 Å². The van der Waals surface area contributed by atoms with Crippen molar-refractivity contribution in [3.8, 4) is 0 Å². The van der Waals surface area contributed by atoms with Crippen molar-refractivity contribution in [1.29, 1.82) is 0 Å². The van der Waals surface area contributed by atoms with E-state index in [1.807, 2.05) is 20.8 Å². The summed E-state index contributed by atoms with van der Waals surface area (Å²) in [6.45, 7) is 5.58. The van der Waals surface area contributed by atoms with Gasteiger partial charge in [-0.3, -0.25) is 9.35 Å². The van der Waals surface area contributed by atoms with E-state index in [0.29, 0.717) is 0 Å². The SMILES string of the molecule is CC(C)(C)C=CC(=O)NOS(=O)(=O)O. The highest BCUT2D eigenvalue weighted by Gasteiger charge is 2.08. The molecule has 0 aromatic heterocycles. The van der Waals surface area contributed by atoms with E-state index in [9.17, 15) is 13.2 Å². The Balaban J connectivity index is 4.08. The molecule has 0 aromatic carbocycles. The minimum absolute atomic E-state index is 0.199. The predicted molar refractivity (Wildman–Crippen MR) is 49.4 cm³/mol. The first-order chi connectivity index (χ1) is 6.10. The van der Waals surface area contributed by atoms with Gasteiger partial charge in [0.15, 0.2) is 0 Å². The van der Waals surface area contributed by atoms with Gasteiger partial charge in [-0.25, -0.2) is 5.48 Å². The molecular formula is C7H13NO5S. The van der Waals surface area contributed by atoms with Gasteiger partial charge in [-0.2, -0.15) is 8.42 Å². The first kappa shape index (κ1) is 13.1. The number of nitrogens with one attached hydrogen (secondary N) is 1. The fourth-order valence-corrected chi connectivity index (χ4v) is 0.641. The molecule has 0 spiro atoms. The van der Waals surface area contributed by atoms with Gasteiger partial charge < -0.3 is 0 Å². The summed E-state index contributed by atoms with van der Waals surface area (Å²) in [5.41, 5.74) is 1.33. The van der Waals surface area contributed by atoms with E-state index < -0.39 is 16.3 Å². The monoisotopic (exact) mass is 223 g/mol. The molecule has 0 aliphatic heterocycles. The van der Waals surface area contributed by atoms with Crippen molar-refractivity contribution in [2.75, 3.05) is 0 Å². The average Bonchev–Trinajstić information content (AvgIpc) is 1.94. The van der Waals surface area contributed by atoms with Crippen LogP contribution in [0.15, 0.2) is 12.2 Å². The first-order valence-electron chi connectivity index (χ1n) is 3.75. The number of hydroxylamine groups is 1. The molecule has 0 atom stereocenters. The Morgan fingerprint density at radius 3 is 2.29 bits per heavy atom. The molecule has 0 aliphatic rings. The van der Waals surface area contributed by atoms with Gasteiger partial charge in [0, 0.05) is 6.08 Å². The highest BCUT2D eigenvalue weighted by atomic mass is 32.3. The summed E-state index contributed by atoms with van der Waals surface area (Å²) in [4.78, 5) is 10.8. The lowest BCUT2D eigenvalue weighted by Crippen LogP contribution is -2.25. The number of rotatable bonds is 3. The van der Waals surface area contributed by atoms with Crippen LogP contribution < -0.4 is 5.48 Å². The van der Waals surface area contributed by atoms with Crippen molar-refractivity contribution >= 4 is 16.3 Å². The molecule has 0 fully saturated rings. The van der Waals surface area contributed by atoms with Crippen LogP contribution in [0.3, 0.4) is 0 Å². The predicted octanol–water partition coefficient (Wildman–Crippen LogP) is 0.439. The van der Waals surface area contributed by atoms with Gasteiger partial charge in [-0.1, -0.05) is 26.8 Å². The Kier molecular flexibility index (Phi) is 4.24. The van der Waals surface area contributed by atoms with Gasteiger partial charge in [0.05, 0.1) is 0 Å². The van der Waals surface area contributed by atoms with Gasteiger partial charge in [0.25, 0.3) is 5.91 Å². The normalized spacial score (nSPS) is 13.1. The molecule has 0 heterocycles. The van der Waals surface area contributed by atoms with Crippen LogP contribution in [-0.4, -0.2) is 18.9 Å². The maximum absolute atomic E-state index is 10.8. The number of amides is 1. The lowest BCUT2D eigenvalue weighted by molar-refractivity contribution is -0.122. The van der Waals surface area contributed by atoms with Crippen LogP contribution in [0.2, 0.25) is 0 Å². The number of hydrogen-bond donors (Lipinski definition) is 2. The second kappa shape index (κ2) is 4.54. The fraction of sp³-hybridized carbons (Fsp3) is 0.571. The Morgan fingerprint density at radius 2 is 1.93 bits per heavy atom. The van der Waals surface area contributed by atoms with Crippen molar-refractivity contribution in [3.63, 3.8) is 0 Å². The van der Waals surface area contributed by atoms with Crippen LogP contribution in [0.1, 0.15) is 20.8 Å². The molecule has 7 heteroatoms. The second-order valence-electron chi connectivity index (χ2n) is 3.68. The largest absolute Gasteiger partial charge is 0.418 e. The van der Waals surface area contributed by atoms with E-state index in [-0.39, 0.29) is 5.41 Å². The summed E-state index contributed by atoms with van der Waals surface area (Å²) in [6, 6.07) is 0. The second-order valence-corrected chi connectivity index (χ2v) is 4.70. The number of carbonyl (C=O) groups is 1. The summed E-state index contributed by atoms with van der Waals surface area (Å²) in [5.74, 6) is -0.766. The quantitative estimate of drug-likeness (QED) is 0.411. The van der Waals surface area contributed by atoms with E-state index >= 15 is 0 Å². The van der Waals surface area contributed by atoms with Gasteiger partial charge >= 0.3 is 10.4 Å². The molecule has 0 saturated carbocycles. The molecule has 0 unspecified atom stereocenters.